The van der Waals surface area contributed by atoms with Gasteiger partial charge in [0.25, 0.3) is 5.91 Å². The first kappa shape index (κ1) is 17.6. The molecule has 0 atom stereocenters. The van der Waals surface area contributed by atoms with E-state index in [1.165, 1.54) is 0 Å². The first-order valence-corrected chi connectivity index (χ1v) is 9.67. The number of hydrogen-bond acceptors (Lipinski definition) is 5. The summed E-state index contributed by atoms with van der Waals surface area (Å²) in [7, 11) is 1.86. The molecule has 0 spiro atoms. The maximum absolute atomic E-state index is 12.4. The molecule has 0 aliphatic heterocycles. The van der Waals surface area contributed by atoms with E-state index < -0.39 is 0 Å². The van der Waals surface area contributed by atoms with Gasteiger partial charge in [-0.3, -0.25) is 15.0 Å². The van der Waals surface area contributed by atoms with Gasteiger partial charge in [-0.15, -0.1) is 0 Å². The van der Waals surface area contributed by atoms with Crippen LogP contribution in [0.4, 0.5) is 0 Å². The highest BCUT2D eigenvalue weighted by atomic mass is 16.1. The molecule has 4 aromatic rings. The highest BCUT2D eigenvalue weighted by Gasteiger charge is 2.24. The zero-order chi connectivity index (χ0) is 19.8. The van der Waals surface area contributed by atoms with Crippen molar-refractivity contribution in [2.75, 3.05) is 7.05 Å². The first-order chi connectivity index (χ1) is 14.2. The molecule has 0 bridgehead atoms. The SMILES string of the molecule is CNCc1n[nH]c(-c2ccc3[nH]nc(-c4cccc(C(=O)NC5CC5)c4)c3c2)n1. The van der Waals surface area contributed by atoms with E-state index in [9.17, 15) is 4.79 Å². The van der Waals surface area contributed by atoms with Crippen molar-refractivity contribution in [3.05, 3.63) is 53.9 Å². The van der Waals surface area contributed by atoms with Crippen LogP contribution in [0.3, 0.4) is 0 Å². The zero-order valence-corrected chi connectivity index (χ0v) is 16.0. The lowest BCUT2D eigenvalue weighted by atomic mass is 10.0. The van der Waals surface area contributed by atoms with Crippen molar-refractivity contribution in [3.63, 3.8) is 0 Å². The minimum atomic E-state index is -0.0337. The molecule has 1 aliphatic carbocycles. The number of aromatic nitrogens is 5. The Bertz CT molecular complexity index is 1190. The third-order valence-electron chi connectivity index (χ3n) is 5.01. The standard InChI is InChI=1S/C21H21N7O/c1-22-11-18-24-20(28-26-18)13-5-8-17-16(10-13)19(27-25-17)12-3-2-4-14(9-12)21(29)23-15-6-7-15/h2-5,8-10,15,22H,6-7,11H2,1H3,(H,23,29)(H,25,27)(H,24,26,28). The Labute approximate surface area is 167 Å². The number of aromatic amines is 2. The summed E-state index contributed by atoms with van der Waals surface area (Å²) in [5.74, 6) is 1.39. The Balaban J connectivity index is 1.51. The van der Waals surface area contributed by atoms with Crippen LogP contribution in [0.2, 0.25) is 0 Å². The van der Waals surface area contributed by atoms with Crippen LogP contribution in [0.1, 0.15) is 29.0 Å². The number of nitrogens with zero attached hydrogens (tertiary/aromatic N) is 3. The predicted molar refractivity (Wildman–Crippen MR) is 110 cm³/mol. The van der Waals surface area contributed by atoms with E-state index >= 15 is 0 Å². The van der Waals surface area contributed by atoms with Gasteiger partial charge in [0.1, 0.15) is 0 Å². The normalized spacial score (nSPS) is 13.7. The van der Waals surface area contributed by atoms with Gasteiger partial charge in [-0.1, -0.05) is 12.1 Å². The van der Waals surface area contributed by atoms with Crippen LogP contribution >= 0.6 is 0 Å². The van der Waals surface area contributed by atoms with E-state index in [0.29, 0.717) is 29.8 Å². The fourth-order valence-corrected chi connectivity index (χ4v) is 3.35. The lowest BCUT2D eigenvalue weighted by molar-refractivity contribution is 0.0951. The minimum absolute atomic E-state index is 0.0337. The molecule has 1 saturated carbocycles. The predicted octanol–water partition coefficient (Wildman–Crippen LogP) is 2.63. The maximum atomic E-state index is 12.4. The summed E-state index contributed by atoms with van der Waals surface area (Å²) in [6.45, 7) is 0.603. The topological polar surface area (TPSA) is 111 Å². The molecule has 1 aliphatic rings. The van der Waals surface area contributed by atoms with Crippen LogP contribution in [-0.4, -0.2) is 44.4 Å². The Morgan fingerprint density at radius 1 is 1.10 bits per heavy atom. The van der Waals surface area contributed by atoms with Crippen molar-refractivity contribution >= 4 is 16.8 Å². The zero-order valence-electron chi connectivity index (χ0n) is 16.0. The first-order valence-electron chi connectivity index (χ1n) is 9.67. The summed E-state index contributed by atoms with van der Waals surface area (Å²) in [5, 5.41) is 21.8. The van der Waals surface area contributed by atoms with Gasteiger partial charge in [0.05, 0.1) is 17.8 Å². The van der Waals surface area contributed by atoms with E-state index in [0.717, 1.165) is 40.6 Å². The van der Waals surface area contributed by atoms with Crippen molar-refractivity contribution in [1.82, 2.24) is 36.0 Å². The van der Waals surface area contributed by atoms with Crippen LogP contribution in [-0.2, 0) is 6.54 Å². The molecule has 1 amide bonds. The molecule has 29 heavy (non-hydrogen) atoms. The van der Waals surface area contributed by atoms with E-state index in [1.807, 2.05) is 49.5 Å². The second-order valence-corrected chi connectivity index (χ2v) is 7.29. The van der Waals surface area contributed by atoms with Crippen LogP contribution < -0.4 is 10.6 Å². The molecule has 8 nitrogen and oxygen atoms in total. The van der Waals surface area contributed by atoms with Crippen molar-refractivity contribution in [2.45, 2.75) is 25.4 Å². The van der Waals surface area contributed by atoms with Gasteiger partial charge in [0.15, 0.2) is 11.6 Å². The van der Waals surface area contributed by atoms with E-state index in [4.69, 9.17) is 0 Å². The maximum Gasteiger partial charge on any atom is 0.251 e. The van der Waals surface area contributed by atoms with Crippen LogP contribution in [0.25, 0.3) is 33.5 Å². The lowest BCUT2D eigenvalue weighted by Crippen LogP contribution is -2.25. The summed E-state index contributed by atoms with van der Waals surface area (Å²) in [4.78, 5) is 16.9. The quantitative estimate of drug-likeness (QED) is 0.406. The Kier molecular flexibility index (Phi) is 4.33. The fraction of sp³-hybridized carbons (Fsp3) is 0.238. The third kappa shape index (κ3) is 3.50. The number of amides is 1. The second kappa shape index (κ2) is 7.14. The highest BCUT2D eigenvalue weighted by Crippen LogP contribution is 2.30. The van der Waals surface area contributed by atoms with Crippen LogP contribution in [0, 0.1) is 0 Å². The number of carbonyl (C=O) groups is 1. The number of fused-ring (bicyclic) bond motifs is 1. The fourth-order valence-electron chi connectivity index (χ4n) is 3.35. The average molecular weight is 387 g/mol. The van der Waals surface area contributed by atoms with Crippen LogP contribution in [0.15, 0.2) is 42.5 Å². The summed E-state index contributed by atoms with van der Waals surface area (Å²) in [5.41, 5.74) is 4.20. The molecular formula is C21H21N7O. The van der Waals surface area contributed by atoms with Gasteiger partial charge in [-0.05, 0) is 50.2 Å². The molecule has 0 saturated heterocycles. The number of carbonyl (C=O) groups excluding carboxylic acids is 1. The molecule has 2 aromatic heterocycles. The largest absolute Gasteiger partial charge is 0.349 e. The number of benzene rings is 2. The second-order valence-electron chi connectivity index (χ2n) is 7.29. The molecular weight excluding hydrogens is 366 g/mol. The number of H-pyrrole nitrogens is 2. The van der Waals surface area contributed by atoms with Gasteiger partial charge in [0, 0.05) is 28.1 Å². The number of nitrogens with one attached hydrogen (secondary N) is 4. The van der Waals surface area contributed by atoms with Gasteiger partial charge < -0.3 is 10.6 Å². The summed E-state index contributed by atoms with van der Waals surface area (Å²) < 4.78 is 0. The Morgan fingerprint density at radius 2 is 2.00 bits per heavy atom. The average Bonchev–Trinajstić information content (AvgIpc) is 3.26. The highest BCUT2D eigenvalue weighted by molar-refractivity contribution is 5.99. The molecule has 0 unspecified atom stereocenters. The molecule has 2 heterocycles. The van der Waals surface area contributed by atoms with E-state index in [1.54, 1.807) is 0 Å². The van der Waals surface area contributed by atoms with Crippen molar-refractivity contribution in [2.24, 2.45) is 0 Å². The smallest absolute Gasteiger partial charge is 0.251 e. The summed E-state index contributed by atoms with van der Waals surface area (Å²) in [6, 6.07) is 13.9. The van der Waals surface area contributed by atoms with Gasteiger partial charge in [0.2, 0.25) is 0 Å². The molecule has 0 radical (unpaired) electrons. The number of hydrogen-bond donors (Lipinski definition) is 4. The van der Waals surface area contributed by atoms with E-state index in [2.05, 4.69) is 36.0 Å². The van der Waals surface area contributed by atoms with Gasteiger partial charge >= 0.3 is 0 Å². The third-order valence-corrected chi connectivity index (χ3v) is 5.01. The van der Waals surface area contributed by atoms with Crippen molar-refractivity contribution < 1.29 is 4.79 Å². The summed E-state index contributed by atoms with van der Waals surface area (Å²) in [6.07, 6.45) is 2.13. The van der Waals surface area contributed by atoms with E-state index in [-0.39, 0.29) is 5.91 Å². The molecule has 8 heteroatoms. The molecule has 5 rings (SSSR count). The lowest BCUT2D eigenvalue weighted by Gasteiger charge is -2.05. The molecule has 2 aromatic carbocycles. The minimum Gasteiger partial charge on any atom is -0.349 e. The van der Waals surface area contributed by atoms with Crippen molar-refractivity contribution in [3.8, 4) is 22.6 Å². The van der Waals surface area contributed by atoms with Crippen LogP contribution in [0.5, 0.6) is 0 Å². The van der Waals surface area contributed by atoms with Gasteiger partial charge in [-0.25, -0.2) is 4.98 Å². The molecule has 146 valence electrons. The Morgan fingerprint density at radius 3 is 2.83 bits per heavy atom. The Hall–Kier alpha value is -3.52. The summed E-state index contributed by atoms with van der Waals surface area (Å²) >= 11 is 0. The molecule has 4 N–H and O–H groups in total. The van der Waals surface area contributed by atoms with Crippen molar-refractivity contribution in [1.29, 1.82) is 0 Å². The number of rotatable bonds is 6. The monoisotopic (exact) mass is 387 g/mol. The molecule has 1 fully saturated rings. The van der Waals surface area contributed by atoms with Gasteiger partial charge in [-0.2, -0.15) is 10.2 Å².